The number of nitrogens with zero attached hydrogens (tertiary/aromatic N) is 2. The number of nitrogens with two attached hydrogens (primary N) is 1. The van der Waals surface area contributed by atoms with Crippen molar-refractivity contribution in [3.05, 3.63) is 18.2 Å². The zero-order valence-corrected chi connectivity index (χ0v) is 16.0. The Morgan fingerprint density at radius 1 is 1.08 bits per heavy atom. The SMILES string of the molecule is CNC(=O)C[NH2+]CC(=O)Nc1cc(S(=O)(=O)N(C)C)ccc1N(C)C. The maximum Gasteiger partial charge on any atom is 0.279 e. The molecule has 1 aromatic rings. The van der Waals surface area contributed by atoms with E-state index in [4.69, 9.17) is 0 Å². The smallest absolute Gasteiger partial charge is 0.279 e. The van der Waals surface area contributed by atoms with Crippen molar-refractivity contribution in [3.63, 3.8) is 0 Å². The van der Waals surface area contributed by atoms with E-state index in [1.54, 1.807) is 30.4 Å². The van der Waals surface area contributed by atoms with Crippen LogP contribution in [0.25, 0.3) is 0 Å². The third-order valence-electron chi connectivity index (χ3n) is 3.44. The lowest BCUT2D eigenvalue weighted by atomic mass is 10.2. The topological polar surface area (TPSA) is 115 Å². The predicted octanol–water partition coefficient (Wildman–Crippen LogP) is -1.75. The van der Waals surface area contributed by atoms with E-state index >= 15 is 0 Å². The van der Waals surface area contributed by atoms with Crippen LogP contribution in [0, 0.1) is 0 Å². The van der Waals surface area contributed by atoms with E-state index in [-0.39, 0.29) is 29.8 Å². The summed E-state index contributed by atoms with van der Waals surface area (Å²) < 4.78 is 25.7. The quantitative estimate of drug-likeness (QED) is 0.501. The molecule has 0 aromatic heterocycles. The van der Waals surface area contributed by atoms with Crippen molar-refractivity contribution < 1.29 is 23.3 Å². The number of rotatable bonds is 8. The Morgan fingerprint density at radius 3 is 2.20 bits per heavy atom. The molecule has 0 saturated carbocycles. The molecule has 25 heavy (non-hydrogen) atoms. The van der Waals surface area contributed by atoms with E-state index in [1.807, 2.05) is 0 Å². The number of likely N-dealkylation sites (N-methyl/N-ethyl adjacent to an activating group) is 1. The van der Waals surface area contributed by atoms with Crippen LogP contribution in [0.1, 0.15) is 0 Å². The van der Waals surface area contributed by atoms with Gasteiger partial charge in [-0.1, -0.05) is 0 Å². The Labute approximate surface area is 148 Å². The minimum atomic E-state index is -3.61. The summed E-state index contributed by atoms with van der Waals surface area (Å²) in [7, 11) is 4.40. The Morgan fingerprint density at radius 2 is 1.68 bits per heavy atom. The lowest BCUT2D eigenvalue weighted by molar-refractivity contribution is -0.632. The molecular formula is C15H26N5O4S+. The first kappa shape index (κ1) is 20.9. The van der Waals surface area contributed by atoms with Gasteiger partial charge in [0.05, 0.1) is 16.3 Å². The summed E-state index contributed by atoms with van der Waals surface area (Å²) in [5, 5.41) is 6.74. The number of anilines is 2. The minimum absolute atomic E-state index is 0.0466. The fourth-order valence-corrected chi connectivity index (χ4v) is 2.94. The van der Waals surface area contributed by atoms with Gasteiger partial charge in [0.15, 0.2) is 13.1 Å². The number of amides is 2. The van der Waals surface area contributed by atoms with E-state index in [1.165, 1.54) is 33.3 Å². The lowest BCUT2D eigenvalue weighted by Gasteiger charge is -2.20. The molecule has 0 heterocycles. The molecule has 0 atom stereocenters. The Balaban J connectivity index is 2.99. The number of carbonyl (C=O) groups is 2. The highest BCUT2D eigenvalue weighted by atomic mass is 32.2. The molecule has 0 radical (unpaired) electrons. The zero-order valence-electron chi connectivity index (χ0n) is 15.2. The summed E-state index contributed by atoms with van der Waals surface area (Å²) in [5.41, 5.74) is 1.07. The highest BCUT2D eigenvalue weighted by molar-refractivity contribution is 7.89. The normalized spacial score (nSPS) is 11.3. The zero-order chi connectivity index (χ0) is 19.2. The molecule has 2 amide bonds. The summed E-state index contributed by atoms with van der Waals surface area (Å²) in [6.07, 6.45) is 0. The van der Waals surface area contributed by atoms with Crippen LogP contribution < -0.4 is 20.9 Å². The van der Waals surface area contributed by atoms with Crippen molar-refractivity contribution in [2.75, 3.05) is 58.5 Å². The van der Waals surface area contributed by atoms with Crippen molar-refractivity contribution in [1.82, 2.24) is 9.62 Å². The second-order valence-corrected chi connectivity index (χ2v) is 7.93. The molecule has 9 nitrogen and oxygen atoms in total. The molecule has 10 heteroatoms. The van der Waals surface area contributed by atoms with Gasteiger partial charge in [-0.15, -0.1) is 0 Å². The van der Waals surface area contributed by atoms with E-state index < -0.39 is 10.0 Å². The number of carbonyl (C=O) groups excluding carboxylic acids is 2. The highest BCUT2D eigenvalue weighted by Crippen LogP contribution is 2.28. The molecule has 0 unspecified atom stereocenters. The molecule has 0 fully saturated rings. The van der Waals surface area contributed by atoms with Crippen molar-refractivity contribution in [2.24, 2.45) is 0 Å². The second-order valence-electron chi connectivity index (χ2n) is 5.78. The monoisotopic (exact) mass is 372 g/mol. The van der Waals surface area contributed by atoms with Gasteiger partial charge in [0.2, 0.25) is 10.0 Å². The first-order chi connectivity index (χ1) is 11.6. The van der Waals surface area contributed by atoms with Gasteiger partial charge in [0, 0.05) is 35.2 Å². The van der Waals surface area contributed by atoms with Crippen LogP contribution in [0.3, 0.4) is 0 Å². The molecule has 140 valence electrons. The summed E-state index contributed by atoms with van der Waals surface area (Å²) in [6, 6.07) is 4.57. The van der Waals surface area contributed by atoms with Crippen LogP contribution in [0.4, 0.5) is 11.4 Å². The molecule has 0 aliphatic rings. The van der Waals surface area contributed by atoms with Crippen LogP contribution in [0.15, 0.2) is 23.1 Å². The molecule has 1 aromatic carbocycles. The third kappa shape index (κ3) is 5.69. The van der Waals surface area contributed by atoms with Crippen LogP contribution in [0.5, 0.6) is 0 Å². The number of nitrogens with one attached hydrogen (secondary N) is 2. The molecule has 0 aliphatic heterocycles. The maximum absolute atomic E-state index is 12.3. The Bertz CT molecular complexity index is 731. The van der Waals surface area contributed by atoms with Crippen LogP contribution in [-0.2, 0) is 19.6 Å². The van der Waals surface area contributed by atoms with Crippen molar-refractivity contribution in [1.29, 1.82) is 0 Å². The van der Waals surface area contributed by atoms with Gasteiger partial charge in [-0.3, -0.25) is 9.59 Å². The Hall–Kier alpha value is -2.17. The molecule has 1 rings (SSSR count). The minimum Gasteiger partial charge on any atom is -0.376 e. The molecular weight excluding hydrogens is 346 g/mol. The number of quaternary nitrogens is 1. The number of sulfonamides is 1. The molecule has 0 spiro atoms. The van der Waals surface area contributed by atoms with Gasteiger partial charge in [0.25, 0.3) is 11.8 Å². The van der Waals surface area contributed by atoms with E-state index in [9.17, 15) is 18.0 Å². The van der Waals surface area contributed by atoms with E-state index in [0.717, 1.165) is 4.31 Å². The fourth-order valence-electron chi connectivity index (χ4n) is 2.01. The summed E-state index contributed by atoms with van der Waals surface area (Å²) in [6.45, 7) is 0.185. The summed E-state index contributed by atoms with van der Waals surface area (Å²) in [4.78, 5) is 25.1. The van der Waals surface area contributed by atoms with Gasteiger partial charge < -0.3 is 20.9 Å². The van der Waals surface area contributed by atoms with Crippen molar-refractivity contribution in [2.45, 2.75) is 4.90 Å². The van der Waals surface area contributed by atoms with Gasteiger partial charge in [-0.2, -0.15) is 0 Å². The molecule has 0 saturated heterocycles. The van der Waals surface area contributed by atoms with Crippen LogP contribution >= 0.6 is 0 Å². The van der Waals surface area contributed by atoms with E-state index in [2.05, 4.69) is 10.6 Å². The van der Waals surface area contributed by atoms with Gasteiger partial charge in [-0.25, -0.2) is 12.7 Å². The number of hydrogen-bond donors (Lipinski definition) is 3. The first-order valence-corrected chi connectivity index (χ1v) is 9.09. The van der Waals surface area contributed by atoms with Crippen molar-refractivity contribution >= 4 is 33.2 Å². The summed E-state index contributed by atoms with van der Waals surface area (Å²) >= 11 is 0. The van der Waals surface area contributed by atoms with Crippen LogP contribution in [-0.4, -0.2) is 72.9 Å². The van der Waals surface area contributed by atoms with Crippen LogP contribution in [0.2, 0.25) is 0 Å². The lowest BCUT2D eigenvalue weighted by Crippen LogP contribution is -2.88. The van der Waals surface area contributed by atoms with E-state index in [0.29, 0.717) is 11.4 Å². The maximum atomic E-state index is 12.3. The number of benzene rings is 1. The molecule has 4 N–H and O–H groups in total. The fraction of sp³-hybridized carbons (Fsp3) is 0.467. The predicted molar refractivity (Wildman–Crippen MR) is 96.0 cm³/mol. The van der Waals surface area contributed by atoms with Crippen molar-refractivity contribution in [3.8, 4) is 0 Å². The van der Waals surface area contributed by atoms with Gasteiger partial charge >= 0.3 is 0 Å². The molecule has 0 bridgehead atoms. The standard InChI is InChI=1S/C15H25N5O4S/c1-16-14(21)9-17-10-15(22)18-12-8-11(25(23,24)20(4)5)6-7-13(12)19(2)3/h6-8,17H,9-10H2,1-5H3,(H,16,21)(H,18,22)/p+1. The second kappa shape index (κ2) is 8.79. The molecule has 0 aliphatic carbocycles. The van der Waals surface area contributed by atoms with Gasteiger partial charge in [-0.05, 0) is 18.2 Å². The third-order valence-corrected chi connectivity index (χ3v) is 5.25. The average molecular weight is 372 g/mol. The average Bonchev–Trinajstić information content (AvgIpc) is 2.53. The van der Waals surface area contributed by atoms with Gasteiger partial charge in [0.1, 0.15) is 0 Å². The largest absolute Gasteiger partial charge is 0.376 e. The highest BCUT2D eigenvalue weighted by Gasteiger charge is 2.20. The summed E-state index contributed by atoms with van der Waals surface area (Å²) in [5.74, 6) is -0.507. The Kier molecular flexibility index (Phi) is 7.34. The first-order valence-electron chi connectivity index (χ1n) is 7.65. The number of hydrogen-bond acceptors (Lipinski definition) is 5.